The van der Waals surface area contributed by atoms with Crippen molar-refractivity contribution in [2.24, 2.45) is 0 Å². The Bertz CT molecular complexity index is 364. The molecule has 0 aliphatic carbocycles. The van der Waals surface area contributed by atoms with Gasteiger partial charge in [-0.3, -0.25) is 4.79 Å². The van der Waals surface area contributed by atoms with Crippen molar-refractivity contribution in [2.45, 2.75) is 10.9 Å². The molecule has 1 aromatic rings. The third-order valence-corrected chi connectivity index (χ3v) is 4.06. The van der Waals surface area contributed by atoms with Gasteiger partial charge < -0.3 is 5.11 Å². The molecule has 0 radical (unpaired) electrons. The molecule has 0 fully saturated rings. The Balaban J connectivity index is 2.41. The lowest BCUT2D eigenvalue weighted by Crippen LogP contribution is -2.33. The van der Waals surface area contributed by atoms with E-state index in [1.54, 1.807) is 18.2 Å². The molecule has 2 N–H and O–H groups in total. The van der Waals surface area contributed by atoms with Crippen LogP contribution < -0.4 is 4.72 Å². The maximum Gasteiger partial charge on any atom is 0.322 e. The van der Waals surface area contributed by atoms with Crippen molar-refractivity contribution in [1.82, 2.24) is 4.72 Å². The van der Waals surface area contributed by atoms with Crippen LogP contribution in [0.1, 0.15) is 0 Å². The molecule has 3 nitrogen and oxygen atoms in total. The van der Waals surface area contributed by atoms with Gasteiger partial charge in [0.05, 0.1) is 4.90 Å². The second kappa shape index (κ2) is 7.05. The van der Waals surface area contributed by atoms with Gasteiger partial charge in [-0.1, -0.05) is 12.1 Å². The molecule has 0 saturated carbocycles. The van der Waals surface area contributed by atoms with E-state index in [4.69, 9.17) is 5.11 Å². The highest BCUT2D eigenvalue weighted by molar-refractivity contribution is 8.76. The summed E-state index contributed by atoms with van der Waals surface area (Å²) in [5, 5.41) is 8.72. The van der Waals surface area contributed by atoms with Crippen LogP contribution in [0.4, 0.5) is 4.39 Å². The van der Waals surface area contributed by atoms with Crippen molar-refractivity contribution in [1.29, 1.82) is 0 Å². The quantitative estimate of drug-likeness (QED) is 0.424. The molecule has 16 heavy (non-hydrogen) atoms. The van der Waals surface area contributed by atoms with Gasteiger partial charge in [0.2, 0.25) is 0 Å². The number of aliphatic carboxylic acids is 1. The van der Waals surface area contributed by atoms with Crippen molar-refractivity contribution >= 4 is 40.4 Å². The van der Waals surface area contributed by atoms with E-state index in [0.29, 0.717) is 4.90 Å². The average molecular weight is 279 g/mol. The minimum Gasteiger partial charge on any atom is -0.480 e. The Morgan fingerprint density at radius 3 is 2.81 bits per heavy atom. The lowest BCUT2D eigenvalue weighted by atomic mass is 10.4. The highest BCUT2D eigenvalue weighted by Gasteiger charge is 2.15. The number of rotatable bonds is 6. The first-order valence-corrected chi connectivity index (χ1v) is 7.10. The number of halogens is 1. The molecule has 0 unspecified atom stereocenters. The van der Waals surface area contributed by atoms with Crippen molar-refractivity contribution in [3.63, 3.8) is 0 Å². The van der Waals surface area contributed by atoms with E-state index in [0.717, 1.165) is 21.8 Å². The number of carbonyl (C=O) groups is 1. The Hall–Kier alpha value is -0.370. The van der Waals surface area contributed by atoms with Crippen LogP contribution in [0, 0.1) is 5.82 Å². The molecule has 1 aromatic carbocycles. The Morgan fingerprint density at radius 1 is 1.56 bits per heavy atom. The number of benzene rings is 1. The van der Waals surface area contributed by atoms with Gasteiger partial charge in [0.25, 0.3) is 0 Å². The van der Waals surface area contributed by atoms with Crippen LogP contribution in [0.5, 0.6) is 0 Å². The van der Waals surface area contributed by atoms with E-state index < -0.39 is 12.0 Å². The van der Waals surface area contributed by atoms with Crippen LogP contribution in [0.3, 0.4) is 0 Å². The first kappa shape index (κ1) is 13.7. The van der Waals surface area contributed by atoms with E-state index in [2.05, 4.69) is 17.4 Å². The van der Waals surface area contributed by atoms with Crippen LogP contribution in [-0.2, 0) is 4.79 Å². The van der Waals surface area contributed by atoms with E-state index >= 15 is 0 Å². The predicted octanol–water partition coefficient (Wildman–Crippen LogP) is 2.45. The molecule has 0 spiro atoms. The van der Waals surface area contributed by atoms with Gasteiger partial charge in [-0.15, -0.1) is 0 Å². The number of hydrogen-bond donors (Lipinski definition) is 3. The lowest BCUT2D eigenvalue weighted by molar-refractivity contribution is -0.138. The van der Waals surface area contributed by atoms with E-state index in [9.17, 15) is 9.18 Å². The predicted molar refractivity (Wildman–Crippen MR) is 68.3 cm³/mol. The minimum absolute atomic E-state index is 0.181. The SMILES string of the molecule is O=C(O)[C@H](CS)NSSc1ccccc1F. The largest absolute Gasteiger partial charge is 0.480 e. The summed E-state index contributed by atoms with van der Waals surface area (Å²) in [6, 6.07) is 5.57. The third kappa shape index (κ3) is 4.25. The molecule has 0 saturated heterocycles. The van der Waals surface area contributed by atoms with E-state index in [1.807, 2.05) is 0 Å². The summed E-state index contributed by atoms with van der Waals surface area (Å²) in [6.07, 6.45) is 0. The number of carboxylic acid groups (broad SMARTS) is 1. The highest BCUT2D eigenvalue weighted by Crippen LogP contribution is 2.30. The summed E-state index contributed by atoms with van der Waals surface area (Å²) in [6.45, 7) is 0. The fourth-order valence-electron chi connectivity index (χ4n) is 0.805. The molecular formula is C9H10FNO2S3. The van der Waals surface area contributed by atoms with Gasteiger partial charge in [0, 0.05) is 5.75 Å². The number of thiol groups is 1. The smallest absolute Gasteiger partial charge is 0.322 e. The summed E-state index contributed by atoms with van der Waals surface area (Å²) in [4.78, 5) is 11.1. The fourth-order valence-corrected chi connectivity index (χ4v) is 3.06. The van der Waals surface area contributed by atoms with Crippen molar-refractivity contribution in [2.75, 3.05) is 5.75 Å². The second-order valence-electron chi connectivity index (χ2n) is 2.79. The van der Waals surface area contributed by atoms with Gasteiger partial charge >= 0.3 is 5.97 Å². The molecule has 0 bridgehead atoms. The Kier molecular flexibility index (Phi) is 6.04. The van der Waals surface area contributed by atoms with Crippen LogP contribution in [0.25, 0.3) is 0 Å². The first-order chi connectivity index (χ1) is 7.65. The van der Waals surface area contributed by atoms with Crippen LogP contribution in [-0.4, -0.2) is 22.9 Å². The second-order valence-corrected chi connectivity index (χ2v) is 5.16. The molecule has 1 rings (SSSR count). The van der Waals surface area contributed by atoms with Crippen molar-refractivity contribution in [3.05, 3.63) is 30.1 Å². The van der Waals surface area contributed by atoms with Gasteiger partial charge in [0.15, 0.2) is 0 Å². The lowest BCUT2D eigenvalue weighted by Gasteiger charge is -2.09. The molecule has 1 atom stereocenters. The standard InChI is InChI=1S/C9H10FNO2S3/c10-6-3-1-2-4-8(6)15-16-11-7(5-14)9(12)13/h1-4,7,11,14H,5H2,(H,12,13)/t7-/m0/s1. The summed E-state index contributed by atoms with van der Waals surface area (Å²) < 4.78 is 15.8. The Morgan fingerprint density at radius 2 is 2.25 bits per heavy atom. The van der Waals surface area contributed by atoms with Crippen molar-refractivity contribution in [3.8, 4) is 0 Å². The fraction of sp³-hybridized carbons (Fsp3) is 0.222. The first-order valence-electron chi connectivity index (χ1n) is 4.32. The number of nitrogens with one attached hydrogen (secondary N) is 1. The third-order valence-electron chi connectivity index (χ3n) is 1.64. The zero-order valence-corrected chi connectivity index (χ0v) is 10.6. The van der Waals surface area contributed by atoms with Crippen LogP contribution >= 0.6 is 34.4 Å². The molecule has 0 aliphatic heterocycles. The molecule has 88 valence electrons. The average Bonchev–Trinajstić information content (AvgIpc) is 2.26. The molecule has 0 aromatic heterocycles. The van der Waals surface area contributed by atoms with Gasteiger partial charge in [-0.25, -0.2) is 9.11 Å². The topological polar surface area (TPSA) is 49.3 Å². The van der Waals surface area contributed by atoms with E-state index in [1.165, 1.54) is 6.07 Å². The van der Waals surface area contributed by atoms with Gasteiger partial charge in [-0.05, 0) is 33.9 Å². The molecule has 0 aliphatic rings. The maximum absolute atomic E-state index is 13.2. The van der Waals surface area contributed by atoms with Crippen LogP contribution in [0.2, 0.25) is 0 Å². The zero-order chi connectivity index (χ0) is 12.0. The number of carboxylic acids is 1. The highest BCUT2D eigenvalue weighted by atomic mass is 33.1. The maximum atomic E-state index is 13.2. The van der Waals surface area contributed by atoms with Gasteiger partial charge in [0.1, 0.15) is 11.9 Å². The van der Waals surface area contributed by atoms with E-state index in [-0.39, 0.29) is 11.6 Å². The Labute approximate surface area is 106 Å². The summed E-state index contributed by atoms with van der Waals surface area (Å²) in [7, 11) is 2.22. The van der Waals surface area contributed by atoms with Gasteiger partial charge in [-0.2, -0.15) is 12.6 Å². The minimum atomic E-state index is -0.975. The molecule has 0 heterocycles. The molecule has 7 heteroatoms. The summed E-state index contributed by atoms with van der Waals surface area (Å²) >= 11 is 3.90. The molecule has 0 amide bonds. The zero-order valence-electron chi connectivity index (χ0n) is 8.09. The monoisotopic (exact) mass is 279 g/mol. The summed E-state index contributed by atoms with van der Waals surface area (Å²) in [5.74, 6) is -1.11. The number of hydrogen-bond acceptors (Lipinski definition) is 5. The van der Waals surface area contributed by atoms with Crippen LogP contribution in [0.15, 0.2) is 29.2 Å². The normalized spacial score (nSPS) is 12.4. The molecular weight excluding hydrogens is 269 g/mol. The summed E-state index contributed by atoms with van der Waals surface area (Å²) in [5.41, 5.74) is 0. The van der Waals surface area contributed by atoms with Crippen molar-refractivity contribution < 1.29 is 14.3 Å².